The highest BCUT2D eigenvalue weighted by molar-refractivity contribution is 4.76. The lowest BCUT2D eigenvalue weighted by atomic mass is 10.1. The highest BCUT2D eigenvalue weighted by Crippen LogP contribution is 2.20. The van der Waals surface area contributed by atoms with Crippen LogP contribution < -0.4 is 0 Å². The molecule has 1 N–H and O–H groups in total. The van der Waals surface area contributed by atoms with Gasteiger partial charge in [0.15, 0.2) is 0 Å². The first-order valence-electron chi connectivity index (χ1n) is 7.22. The van der Waals surface area contributed by atoms with E-state index in [9.17, 15) is 0 Å². The van der Waals surface area contributed by atoms with E-state index in [2.05, 4.69) is 6.92 Å². The van der Waals surface area contributed by atoms with Crippen molar-refractivity contribution in [3.63, 3.8) is 0 Å². The van der Waals surface area contributed by atoms with Crippen LogP contribution in [0.1, 0.15) is 58.3 Å². The third kappa shape index (κ3) is 6.39. The van der Waals surface area contributed by atoms with Crippen LogP contribution in [0.2, 0.25) is 0 Å². The Kier molecular flexibility index (Phi) is 8.67. The van der Waals surface area contributed by atoms with Gasteiger partial charge in [-0.1, -0.05) is 39.0 Å². The van der Waals surface area contributed by atoms with E-state index in [0.29, 0.717) is 6.42 Å². The molecule has 0 amide bonds. The van der Waals surface area contributed by atoms with Crippen LogP contribution in [0.5, 0.6) is 0 Å². The molecule has 2 atom stereocenters. The fourth-order valence-electron chi connectivity index (χ4n) is 2.33. The quantitative estimate of drug-likeness (QED) is 0.601. The Labute approximate surface area is 105 Å². The molecule has 1 aliphatic rings. The van der Waals surface area contributed by atoms with Crippen LogP contribution in [0.4, 0.5) is 0 Å². The highest BCUT2D eigenvalue weighted by atomic mass is 16.6. The van der Waals surface area contributed by atoms with Gasteiger partial charge in [0.1, 0.15) is 0 Å². The Morgan fingerprint density at radius 2 is 1.94 bits per heavy atom. The predicted molar refractivity (Wildman–Crippen MR) is 69.2 cm³/mol. The van der Waals surface area contributed by atoms with E-state index in [1.807, 2.05) is 0 Å². The molecule has 1 saturated heterocycles. The minimum atomic E-state index is 0.125. The number of hydrogen-bond acceptors (Lipinski definition) is 3. The van der Waals surface area contributed by atoms with Crippen molar-refractivity contribution in [2.24, 2.45) is 0 Å². The molecule has 0 aromatic carbocycles. The summed E-state index contributed by atoms with van der Waals surface area (Å²) in [5.74, 6) is 0. The van der Waals surface area contributed by atoms with E-state index in [1.54, 1.807) is 0 Å². The van der Waals surface area contributed by atoms with Crippen LogP contribution in [-0.2, 0) is 9.47 Å². The van der Waals surface area contributed by atoms with Gasteiger partial charge in [0, 0.05) is 19.8 Å². The van der Waals surface area contributed by atoms with Gasteiger partial charge in [-0.2, -0.15) is 0 Å². The summed E-state index contributed by atoms with van der Waals surface area (Å²) in [5.41, 5.74) is 0. The molecule has 1 aliphatic heterocycles. The van der Waals surface area contributed by atoms with Crippen molar-refractivity contribution < 1.29 is 14.6 Å². The average molecular weight is 244 g/mol. The number of unbranched alkanes of at least 4 members (excludes halogenated alkanes) is 5. The van der Waals surface area contributed by atoms with Crippen LogP contribution in [0.15, 0.2) is 0 Å². The van der Waals surface area contributed by atoms with Gasteiger partial charge in [-0.15, -0.1) is 0 Å². The van der Waals surface area contributed by atoms with Crippen molar-refractivity contribution in [2.45, 2.75) is 70.5 Å². The maximum atomic E-state index is 8.90. The second-order valence-electron chi connectivity index (χ2n) is 4.89. The van der Waals surface area contributed by atoms with Gasteiger partial charge >= 0.3 is 0 Å². The zero-order valence-corrected chi connectivity index (χ0v) is 11.2. The van der Waals surface area contributed by atoms with Crippen LogP contribution in [0.25, 0.3) is 0 Å². The third-order valence-electron chi connectivity index (χ3n) is 3.39. The van der Waals surface area contributed by atoms with Gasteiger partial charge in [0.25, 0.3) is 0 Å². The topological polar surface area (TPSA) is 38.7 Å². The lowest BCUT2D eigenvalue weighted by Crippen LogP contribution is -2.25. The summed E-state index contributed by atoms with van der Waals surface area (Å²) in [5, 5.41) is 8.90. The zero-order chi connectivity index (χ0) is 12.3. The van der Waals surface area contributed by atoms with Crippen molar-refractivity contribution in [3.8, 4) is 0 Å². The molecule has 0 spiro atoms. The van der Waals surface area contributed by atoms with E-state index in [1.165, 1.54) is 32.1 Å². The Morgan fingerprint density at radius 3 is 2.71 bits per heavy atom. The molecule has 0 saturated carbocycles. The minimum absolute atomic E-state index is 0.125. The summed E-state index contributed by atoms with van der Waals surface area (Å²) in [6.07, 6.45) is 9.83. The van der Waals surface area contributed by atoms with Crippen LogP contribution in [0, 0.1) is 0 Å². The summed E-state index contributed by atoms with van der Waals surface area (Å²) in [6.45, 7) is 4.07. The Hall–Kier alpha value is -0.120. The molecule has 0 aromatic heterocycles. The van der Waals surface area contributed by atoms with Crippen molar-refractivity contribution >= 4 is 0 Å². The molecule has 102 valence electrons. The average Bonchev–Trinajstić information content (AvgIpc) is 2.76. The van der Waals surface area contributed by atoms with Gasteiger partial charge in [0.05, 0.1) is 12.2 Å². The summed E-state index contributed by atoms with van der Waals surface area (Å²) in [4.78, 5) is 0. The first kappa shape index (κ1) is 14.9. The standard InChI is InChI=1S/C14H28O3/c1-2-3-4-5-6-7-11-16-14-9-12-17-13(14)8-10-15/h13-15H,2-12H2,1H3/t13-,14-/m1/s1. The normalized spacial score (nSPS) is 24.4. The van der Waals surface area contributed by atoms with E-state index in [4.69, 9.17) is 14.6 Å². The maximum absolute atomic E-state index is 8.90. The molecule has 1 heterocycles. The summed E-state index contributed by atoms with van der Waals surface area (Å²) < 4.78 is 11.4. The minimum Gasteiger partial charge on any atom is -0.396 e. The molecule has 0 aliphatic carbocycles. The van der Waals surface area contributed by atoms with E-state index in [0.717, 1.165) is 26.1 Å². The predicted octanol–water partition coefficient (Wildman–Crippen LogP) is 2.90. The van der Waals surface area contributed by atoms with E-state index in [-0.39, 0.29) is 18.8 Å². The highest BCUT2D eigenvalue weighted by Gasteiger charge is 2.28. The smallest absolute Gasteiger partial charge is 0.0859 e. The van der Waals surface area contributed by atoms with E-state index >= 15 is 0 Å². The van der Waals surface area contributed by atoms with Crippen LogP contribution >= 0.6 is 0 Å². The van der Waals surface area contributed by atoms with Crippen molar-refractivity contribution in [3.05, 3.63) is 0 Å². The molecule has 0 bridgehead atoms. The van der Waals surface area contributed by atoms with Crippen molar-refractivity contribution in [1.82, 2.24) is 0 Å². The van der Waals surface area contributed by atoms with Gasteiger partial charge in [-0.25, -0.2) is 0 Å². The SMILES string of the molecule is CCCCCCCCO[C@@H]1CCO[C@@H]1CCO. The molecule has 0 unspecified atom stereocenters. The van der Waals surface area contributed by atoms with Gasteiger partial charge in [-0.05, 0) is 19.3 Å². The Morgan fingerprint density at radius 1 is 1.18 bits per heavy atom. The Balaban J connectivity index is 1.94. The Bertz CT molecular complexity index is 173. The molecule has 1 rings (SSSR count). The van der Waals surface area contributed by atoms with Crippen molar-refractivity contribution in [1.29, 1.82) is 0 Å². The molecule has 17 heavy (non-hydrogen) atoms. The van der Waals surface area contributed by atoms with Crippen molar-refractivity contribution in [2.75, 3.05) is 19.8 Å². The molecule has 1 fully saturated rings. The largest absolute Gasteiger partial charge is 0.396 e. The van der Waals surface area contributed by atoms with Gasteiger partial charge in [-0.3, -0.25) is 0 Å². The molecule has 3 nitrogen and oxygen atoms in total. The summed E-state index contributed by atoms with van der Waals surface area (Å²) in [6, 6.07) is 0. The number of rotatable bonds is 10. The summed E-state index contributed by atoms with van der Waals surface area (Å²) >= 11 is 0. The number of aliphatic hydroxyl groups is 1. The molecule has 0 radical (unpaired) electrons. The van der Waals surface area contributed by atoms with Gasteiger partial charge < -0.3 is 14.6 Å². The fourth-order valence-corrected chi connectivity index (χ4v) is 2.33. The fraction of sp³-hybridized carbons (Fsp3) is 1.00. The second kappa shape index (κ2) is 9.86. The van der Waals surface area contributed by atoms with Crippen LogP contribution in [0.3, 0.4) is 0 Å². The number of ether oxygens (including phenoxy) is 2. The summed E-state index contributed by atoms with van der Waals surface area (Å²) in [7, 11) is 0. The van der Waals surface area contributed by atoms with Crippen LogP contribution in [-0.4, -0.2) is 37.1 Å². The zero-order valence-electron chi connectivity index (χ0n) is 11.2. The first-order valence-corrected chi connectivity index (χ1v) is 7.22. The number of hydrogen-bond donors (Lipinski definition) is 1. The van der Waals surface area contributed by atoms with E-state index < -0.39 is 0 Å². The molecular weight excluding hydrogens is 216 g/mol. The molecule has 3 heteroatoms. The lowest BCUT2D eigenvalue weighted by Gasteiger charge is -2.18. The third-order valence-corrected chi connectivity index (χ3v) is 3.39. The number of aliphatic hydroxyl groups excluding tert-OH is 1. The second-order valence-corrected chi connectivity index (χ2v) is 4.89. The molecule has 0 aromatic rings. The monoisotopic (exact) mass is 244 g/mol. The lowest BCUT2D eigenvalue weighted by molar-refractivity contribution is -0.0197. The van der Waals surface area contributed by atoms with Gasteiger partial charge in [0.2, 0.25) is 0 Å². The molecular formula is C14H28O3. The maximum Gasteiger partial charge on any atom is 0.0859 e. The first-order chi connectivity index (χ1) is 8.38.